The summed E-state index contributed by atoms with van der Waals surface area (Å²) < 4.78 is 12.6. The van der Waals surface area contributed by atoms with Crippen molar-refractivity contribution in [3.63, 3.8) is 0 Å². The second kappa shape index (κ2) is 9.67. The van der Waals surface area contributed by atoms with Gasteiger partial charge in [-0.1, -0.05) is 29.8 Å². The summed E-state index contributed by atoms with van der Waals surface area (Å²) in [5.74, 6) is 1.43. The lowest BCUT2D eigenvalue weighted by atomic mass is 10.1. The Kier molecular flexibility index (Phi) is 7.56. The molecule has 0 heterocycles. The van der Waals surface area contributed by atoms with E-state index in [0.29, 0.717) is 32.1 Å². The second-order valence-corrected chi connectivity index (χ2v) is 6.37. The first-order valence-electron chi connectivity index (χ1n) is 8.09. The van der Waals surface area contributed by atoms with Crippen LogP contribution in [0.5, 0.6) is 11.5 Å². The molecule has 0 aromatic heterocycles. The highest BCUT2D eigenvalue weighted by Gasteiger charge is 2.12. The number of benzene rings is 2. The third-order valence-corrected chi connectivity index (χ3v) is 4.04. The molecule has 4 nitrogen and oxygen atoms in total. The van der Waals surface area contributed by atoms with Crippen LogP contribution in [0.15, 0.2) is 40.9 Å². The smallest absolute Gasteiger partial charge is 0.175 e. The maximum absolute atomic E-state index is 8.86. The van der Waals surface area contributed by atoms with E-state index < -0.39 is 0 Å². The van der Waals surface area contributed by atoms with E-state index >= 15 is 0 Å². The van der Waals surface area contributed by atoms with E-state index in [0.717, 1.165) is 21.3 Å². The summed E-state index contributed by atoms with van der Waals surface area (Å²) in [6.07, 6.45) is 0. The van der Waals surface area contributed by atoms with E-state index in [-0.39, 0.29) is 6.61 Å². The van der Waals surface area contributed by atoms with Crippen LogP contribution >= 0.6 is 15.9 Å². The van der Waals surface area contributed by atoms with Crippen molar-refractivity contribution in [2.24, 2.45) is 0 Å². The lowest BCUT2D eigenvalue weighted by Gasteiger charge is -2.16. The van der Waals surface area contributed by atoms with E-state index in [1.807, 2.05) is 25.1 Å². The molecule has 24 heavy (non-hydrogen) atoms. The topological polar surface area (TPSA) is 50.7 Å². The highest BCUT2D eigenvalue weighted by atomic mass is 79.9. The summed E-state index contributed by atoms with van der Waals surface area (Å²) >= 11 is 3.58. The summed E-state index contributed by atoms with van der Waals surface area (Å²) in [5.41, 5.74) is 3.41. The number of aliphatic hydroxyl groups is 1. The minimum absolute atomic E-state index is 0.122. The van der Waals surface area contributed by atoms with Crippen molar-refractivity contribution in [1.29, 1.82) is 0 Å². The Hall–Kier alpha value is -1.56. The second-order valence-electron chi connectivity index (χ2n) is 5.52. The molecular formula is C19H24BrNO3. The normalized spacial score (nSPS) is 10.7. The zero-order valence-corrected chi connectivity index (χ0v) is 15.7. The zero-order valence-electron chi connectivity index (χ0n) is 14.1. The molecule has 0 radical (unpaired) electrons. The standard InChI is InChI=1S/C19H24BrNO3/c1-3-23-18-11-16(12-21-7-8-22)10-17(20)19(18)24-13-15-6-4-5-14(2)9-15/h4-6,9-11,21-22H,3,7-8,12-13H2,1-2H3. The number of halogens is 1. The molecule has 0 unspecified atom stereocenters. The fraction of sp³-hybridized carbons (Fsp3) is 0.368. The zero-order chi connectivity index (χ0) is 17.4. The van der Waals surface area contributed by atoms with Gasteiger partial charge in [-0.2, -0.15) is 0 Å². The number of aryl methyl sites for hydroxylation is 1. The van der Waals surface area contributed by atoms with Crippen LogP contribution in [-0.2, 0) is 13.2 Å². The third-order valence-electron chi connectivity index (χ3n) is 3.45. The highest BCUT2D eigenvalue weighted by Crippen LogP contribution is 2.37. The molecule has 0 saturated carbocycles. The molecule has 0 spiro atoms. The summed E-state index contributed by atoms with van der Waals surface area (Å²) in [4.78, 5) is 0. The van der Waals surface area contributed by atoms with Gasteiger partial charge in [0.25, 0.3) is 0 Å². The Bertz CT molecular complexity index is 661. The van der Waals surface area contributed by atoms with Gasteiger partial charge in [0.05, 0.1) is 17.7 Å². The van der Waals surface area contributed by atoms with Gasteiger partial charge >= 0.3 is 0 Å². The van der Waals surface area contributed by atoms with Gasteiger partial charge in [0.1, 0.15) is 6.61 Å². The van der Waals surface area contributed by atoms with Crippen LogP contribution in [0.3, 0.4) is 0 Å². The van der Waals surface area contributed by atoms with Gasteiger partial charge in [0.15, 0.2) is 11.5 Å². The molecule has 2 N–H and O–H groups in total. The molecule has 2 aromatic rings. The number of nitrogens with one attached hydrogen (secondary N) is 1. The fourth-order valence-corrected chi connectivity index (χ4v) is 3.00. The Balaban J connectivity index is 2.14. The summed E-state index contributed by atoms with van der Waals surface area (Å²) in [7, 11) is 0. The average Bonchev–Trinajstić information content (AvgIpc) is 2.55. The molecule has 0 aliphatic rings. The molecule has 0 aliphatic carbocycles. The lowest BCUT2D eigenvalue weighted by molar-refractivity contribution is 0.267. The molecular weight excluding hydrogens is 370 g/mol. The SMILES string of the molecule is CCOc1cc(CNCCO)cc(Br)c1OCc1cccc(C)c1. The maximum Gasteiger partial charge on any atom is 0.175 e. The highest BCUT2D eigenvalue weighted by molar-refractivity contribution is 9.10. The Morgan fingerprint density at radius 2 is 1.96 bits per heavy atom. The van der Waals surface area contributed by atoms with E-state index in [4.69, 9.17) is 14.6 Å². The summed E-state index contributed by atoms with van der Waals surface area (Å²) in [5, 5.41) is 12.0. The monoisotopic (exact) mass is 393 g/mol. The van der Waals surface area contributed by atoms with Crippen LogP contribution in [0.2, 0.25) is 0 Å². The molecule has 0 bridgehead atoms. The van der Waals surface area contributed by atoms with E-state index in [1.165, 1.54) is 5.56 Å². The average molecular weight is 394 g/mol. The molecule has 5 heteroatoms. The molecule has 0 amide bonds. The van der Waals surface area contributed by atoms with Crippen LogP contribution < -0.4 is 14.8 Å². The molecule has 0 saturated heterocycles. The van der Waals surface area contributed by atoms with Crippen LogP contribution in [0.1, 0.15) is 23.6 Å². The number of ether oxygens (including phenoxy) is 2. The largest absolute Gasteiger partial charge is 0.490 e. The van der Waals surface area contributed by atoms with Gasteiger partial charge in [-0.25, -0.2) is 0 Å². The van der Waals surface area contributed by atoms with Crippen molar-refractivity contribution in [2.45, 2.75) is 27.0 Å². The Labute approximate surface area is 151 Å². The number of aliphatic hydroxyl groups excluding tert-OH is 1. The Morgan fingerprint density at radius 1 is 1.12 bits per heavy atom. The lowest BCUT2D eigenvalue weighted by Crippen LogP contribution is -2.17. The van der Waals surface area contributed by atoms with E-state index in [1.54, 1.807) is 0 Å². The van der Waals surface area contributed by atoms with Gasteiger partial charge in [-0.3, -0.25) is 0 Å². The fourth-order valence-electron chi connectivity index (χ4n) is 2.40. The van der Waals surface area contributed by atoms with Crippen molar-refractivity contribution in [3.05, 3.63) is 57.6 Å². The van der Waals surface area contributed by atoms with Crippen molar-refractivity contribution >= 4 is 15.9 Å². The third kappa shape index (κ3) is 5.51. The number of hydrogen-bond acceptors (Lipinski definition) is 4. The maximum atomic E-state index is 8.86. The predicted octanol–water partition coefficient (Wildman–Crippen LogP) is 3.82. The predicted molar refractivity (Wildman–Crippen MR) is 99.6 cm³/mol. The van der Waals surface area contributed by atoms with E-state index in [9.17, 15) is 0 Å². The molecule has 2 aromatic carbocycles. The first kappa shape index (κ1) is 18.8. The van der Waals surface area contributed by atoms with Crippen molar-refractivity contribution < 1.29 is 14.6 Å². The minimum atomic E-state index is 0.122. The molecule has 2 rings (SSSR count). The first-order valence-corrected chi connectivity index (χ1v) is 8.88. The molecule has 130 valence electrons. The van der Waals surface area contributed by atoms with Gasteiger partial charge in [0.2, 0.25) is 0 Å². The quantitative estimate of drug-likeness (QED) is 0.635. The summed E-state index contributed by atoms with van der Waals surface area (Å²) in [6.45, 7) is 6.43. The van der Waals surface area contributed by atoms with Crippen LogP contribution in [0, 0.1) is 6.92 Å². The van der Waals surface area contributed by atoms with Crippen molar-refractivity contribution in [3.8, 4) is 11.5 Å². The van der Waals surface area contributed by atoms with Gasteiger partial charge in [0, 0.05) is 13.1 Å². The Morgan fingerprint density at radius 3 is 2.67 bits per heavy atom. The van der Waals surface area contributed by atoms with E-state index in [2.05, 4.69) is 46.4 Å². The molecule has 0 atom stereocenters. The van der Waals surface area contributed by atoms with Crippen LogP contribution in [0.4, 0.5) is 0 Å². The first-order chi connectivity index (χ1) is 11.6. The number of hydrogen-bond donors (Lipinski definition) is 2. The number of rotatable bonds is 9. The minimum Gasteiger partial charge on any atom is -0.490 e. The molecule has 0 aliphatic heterocycles. The van der Waals surface area contributed by atoms with Crippen molar-refractivity contribution in [1.82, 2.24) is 5.32 Å². The van der Waals surface area contributed by atoms with Gasteiger partial charge in [-0.15, -0.1) is 0 Å². The van der Waals surface area contributed by atoms with Gasteiger partial charge in [-0.05, 0) is 53.0 Å². The van der Waals surface area contributed by atoms with Crippen LogP contribution in [0.25, 0.3) is 0 Å². The van der Waals surface area contributed by atoms with Crippen molar-refractivity contribution in [2.75, 3.05) is 19.8 Å². The van der Waals surface area contributed by atoms with Gasteiger partial charge < -0.3 is 19.9 Å². The molecule has 0 fully saturated rings. The van der Waals surface area contributed by atoms with Crippen LogP contribution in [-0.4, -0.2) is 24.9 Å². The summed E-state index contributed by atoms with van der Waals surface area (Å²) in [6, 6.07) is 12.3.